The second-order valence-corrected chi connectivity index (χ2v) is 5.19. The van der Waals surface area contributed by atoms with Crippen LogP contribution in [-0.2, 0) is 6.54 Å². The normalized spacial score (nSPS) is 18.9. The molecule has 1 aliphatic carbocycles. The van der Waals surface area contributed by atoms with E-state index in [0.717, 1.165) is 23.1 Å². The predicted molar refractivity (Wildman–Crippen MR) is 66.1 cm³/mol. The second-order valence-electron chi connectivity index (χ2n) is 4.42. The van der Waals surface area contributed by atoms with Gasteiger partial charge in [-0.2, -0.15) is 0 Å². The van der Waals surface area contributed by atoms with Gasteiger partial charge in [0, 0.05) is 24.8 Å². The van der Waals surface area contributed by atoms with Gasteiger partial charge in [-0.05, 0) is 25.0 Å². The van der Waals surface area contributed by atoms with Crippen LogP contribution in [0.2, 0.25) is 0 Å². The van der Waals surface area contributed by atoms with Crippen LogP contribution in [0.4, 0.5) is 10.6 Å². The zero-order valence-corrected chi connectivity index (χ0v) is 10.5. The van der Waals surface area contributed by atoms with Gasteiger partial charge in [0.05, 0.1) is 0 Å². The van der Waals surface area contributed by atoms with E-state index in [1.807, 2.05) is 12.5 Å². The van der Waals surface area contributed by atoms with Crippen molar-refractivity contribution in [1.82, 2.24) is 15.3 Å². The fraction of sp³-hybridized carbons (Fsp3) is 0.545. The smallest absolute Gasteiger partial charge is 0.323 e. The Morgan fingerprint density at radius 1 is 1.59 bits per heavy atom. The molecule has 17 heavy (non-hydrogen) atoms. The van der Waals surface area contributed by atoms with Crippen molar-refractivity contribution in [2.75, 3.05) is 17.7 Å². The third kappa shape index (κ3) is 2.09. The number of amides is 2. The highest BCUT2D eigenvalue weighted by Gasteiger charge is 2.32. The monoisotopic (exact) mass is 250 g/mol. The van der Waals surface area contributed by atoms with E-state index in [0.29, 0.717) is 12.5 Å². The largest absolute Gasteiger partial charge is 0.333 e. The van der Waals surface area contributed by atoms with E-state index in [1.54, 1.807) is 4.90 Å². The Hall–Kier alpha value is -1.30. The number of urea groups is 1. The van der Waals surface area contributed by atoms with Crippen LogP contribution in [0, 0.1) is 5.92 Å². The summed E-state index contributed by atoms with van der Waals surface area (Å²) in [5.74, 6) is 1.44. The van der Waals surface area contributed by atoms with E-state index in [2.05, 4.69) is 15.3 Å². The summed E-state index contributed by atoms with van der Waals surface area (Å²) in [5, 5.41) is 3.58. The van der Waals surface area contributed by atoms with Crippen molar-refractivity contribution in [1.29, 1.82) is 0 Å². The van der Waals surface area contributed by atoms with Gasteiger partial charge in [-0.25, -0.2) is 14.8 Å². The molecule has 0 spiro atoms. The van der Waals surface area contributed by atoms with E-state index in [9.17, 15) is 4.79 Å². The summed E-state index contributed by atoms with van der Waals surface area (Å²) >= 11 is 1.50. The molecule has 0 radical (unpaired) electrons. The Balaban J connectivity index is 1.95. The van der Waals surface area contributed by atoms with Crippen molar-refractivity contribution in [2.24, 2.45) is 5.92 Å². The van der Waals surface area contributed by atoms with Crippen molar-refractivity contribution in [2.45, 2.75) is 24.5 Å². The first-order chi connectivity index (χ1) is 8.28. The number of carbonyl (C=O) groups is 1. The van der Waals surface area contributed by atoms with Crippen molar-refractivity contribution in [3.8, 4) is 0 Å². The number of carbonyl (C=O) groups excluding carboxylic acids is 1. The molecule has 5 nitrogen and oxygen atoms in total. The van der Waals surface area contributed by atoms with E-state index in [-0.39, 0.29) is 6.03 Å². The highest BCUT2D eigenvalue weighted by atomic mass is 32.2. The topological polar surface area (TPSA) is 58.1 Å². The van der Waals surface area contributed by atoms with Crippen molar-refractivity contribution < 1.29 is 4.79 Å². The highest BCUT2D eigenvalue weighted by Crippen LogP contribution is 2.33. The minimum atomic E-state index is -0.0323. The summed E-state index contributed by atoms with van der Waals surface area (Å²) in [6.07, 6.45) is 6.20. The average molecular weight is 250 g/mol. The van der Waals surface area contributed by atoms with Gasteiger partial charge in [0.25, 0.3) is 0 Å². The van der Waals surface area contributed by atoms with Gasteiger partial charge in [-0.1, -0.05) is 11.8 Å². The molecule has 2 amide bonds. The summed E-state index contributed by atoms with van der Waals surface area (Å²) in [6.45, 7) is 1.31. The molecule has 2 heterocycles. The van der Waals surface area contributed by atoms with Crippen LogP contribution in [-0.4, -0.2) is 28.8 Å². The first-order valence-corrected chi connectivity index (χ1v) is 6.95. The molecule has 0 saturated heterocycles. The summed E-state index contributed by atoms with van der Waals surface area (Å²) in [5.41, 5.74) is 1.00. The van der Waals surface area contributed by atoms with Crippen LogP contribution in [0.3, 0.4) is 0 Å². The molecule has 1 aliphatic heterocycles. The van der Waals surface area contributed by atoms with Gasteiger partial charge in [-0.15, -0.1) is 0 Å². The third-order valence-corrected chi connectivity index (χ3v) is 3.63. The van der Waals surface area contributed by atoms with Gasteiger partial charge in [-0.3, -0.25) is 4.90 Å². The standard InChI is InChI=1S/C11H14N4OS/c1-17-10-12-4-8-5-13-11(16)15(9(8)14-10)6-7-2-3-7/h4,7H,2-3,5-6H2,1H3,(H,13,16). The highest BCUT2D eigenvalue weighted by molar-refractivity contribution is 7.98. The van der Waals surface area contributed by atoms with Gasteiger partial charge in [0.2, 0.25) is 0 Å². The SMILES string of the molecule is CSc1ncc2c(n1)N(CC1CC1)C(=O)NC2. The number of aromatic nitrogens is 2. The molecule has 0 aromatic carbocycles. The number of thioether (sulfide) groups is 1. The molecule has 2 aliphatic rings. The lowest BCUT2D eigenvalue weighted by Gasteiger charge is -2.28. The predicted octanol–water partition coefficient (Wildman–Crippen LogP) is 1.64. The molecule has 1 saturated carbocycles. The molecule has 6 heteroatoms. The fourth-order valence-electron chi connectivity index (χ4n) is 1.93. The minimum absolute atomic E-state index is 0.0323. The maximum Gasteiger partial charge on any atom is 0.323 e. The van der Waals surface area contributed by atoms with Crippen molar-refractivity contribution >= 4 is 23.6 Å². The zero-order chi connectivity index (χ0) is 11.8. The lowest BCUT2D eigenvalue weighted by molar-refractivity contribution is 0.244. The number of rotatable bonds is 3. The van der Waals surface area contributed by atoms with Crippen LogP contribution in [0.5, 0.6) is 0 Å². The van der Waals surface area contributed by atoms with Crippen LogP contribution < -0.4 is 10.2 Å². The number of hydrogen-bond donors (Lipinski definition) is 1. The Morgan fingerprint density at radius 3 is 3.12 bits per heavy atom. The van der Waals surface area contributed by atoms with Crippen LogP contribution in [0.25, 0.3) is 0 Å². The Labute approximate surface area is 104 Å². The van der Waals surface area contributed by atoms with Crippen LogP contribution in [0.1, 0.15) is 18.4 Å². The van der Waals surface area contributed by atoms with E-state index < -0.39 is 0 Å². The van der Waals surface area contributed by atoms with Gasteiger partial charge < -0.3 is 5.32 Å². The van der Waals surface area contributed by atoms with Crippen LogP contribution in [0.15, 0.2) is 11.4 Å². The minimum Gasteiger partial charge on any atom is -0.333 e. The lowest BCUT2D eigenvalue weighted by atomic mass is 10.2. The molecule has 0 bridgehead atoms. The van der Waals surface area contributed by atoms with Gasteiger partial charge in [0.1, 0.15) is 5.82 Å². The third-order valence-electron chi connectivity index (χ3n) is 3.07. The second kappa shape index (κ2) is 4.18. The van der Waals surface area contributed by atoms with E-state index in [1.165, 1.54) is 24.6 Å². The maximum absolute atomic E-state index is 11.9. The summed E-state index contributed by atoms with van der Waals surface area (Å²) in [4.78, 5) is 22.3. The van der Waals surface area contributed by atoms with Gasteiger partial charge >= 0.3 is 6.03 Å². The first kappa shape index (κ1) is 10.8. The molecule has 90 valence electrons. The molecular weight excluding hydrogens is 236 g/mol. The average Bonchev–Trinajstić information content (AvgIpc) is 3.16. The number of fused-ring (bicyclic) bond motifs is 1. The Bertz CT molecular complexity index is 461. The van der Waals surface area contributed by atoms with Crippen molar-refractivity contribution in [3.05, 3.63) is 11.8 Å². The number of nitrogens with zero attached hydrogens (tertiary/aromatic N) is 3. The molecule has 1 aromatic rings. The van der Waals surface area contributed by atoms with E-state index in [4.69, 9.17) is 0 Å². The van der Waals surface area contributed by atoms with Crippen LogP contribution >= 0.6 is 11.8 Å². The quantitative estimate of drug-likeness (QED) is 0.654. The summed E-state index contributed by atoms with van der Waals surface area (Å²) < 4.78 is 0. The fourth-order valence-corrected chi connectivity index (χ4v) is 2.27. The molecule has 0 unspecified atom stereocenters. The Morgan fingerprint density at radius 2 is 2.41 bits per heavy atom. The molecular formula is C11H14N4OS. The molecule has 0 atom stereocenters. The molecule has 1 aromatic heterocycles. The lowest BCUT2D eigenvalue weighted by Crippen LogP contribution is -2.45. The van der Waals surface area contributed by atoms with E-state index >= 15 is 0 Å². The molecule has 1 fully saturated rings. The van der Waals surface area contributed by atoms with Crippen molar-refractivity contribution in [3.63, 3.8) is 0 Å². The number of nitrogens with one attached hydrogen (secondary N) is 1. The number of anilines is 1. The molecule has 1 N–H and O–H groups in total. The summed E-state index contributed by atoms with van der Waals surface area (Å²) in [6, 6.07) is -0.0323. The maximum atomic E-state index is 11.9. The molecule has 3 rings (SSSR count). The first-order valence-electron chi connectivity index (χ1n) is 5.73. The number of hydrogen-bond acceptors (Lipinski definition) is 4. The Kier molecular flexibility index (Phi) is 2.66. The van der Waals surface area contributed by atoms with Gasteiger partial charge in [0.15, 0.2) is 5.16 Å². The zero-order valence-electron chi connectivity index (χ0n) is 9.64. The summed E-state index contributed by atoms with van der Waals surface area (Å²) in [7, 11) is 0.